The van der Waals surface area contributed by atoms with Crippen molar-refractivity contribution in [3.63, 3.8) is 0 Å². The van der Waals surface area contributed by atoms with Crippen molar-refractivity contribution in [2.75, 3.05) is 39.9 Å². The smallest absolute Gasteiger partial charge is 0.191 e. The number of guanidine groups is 1. The zero-order valence-electron chi connectivity index (χ0n) is 19.9. The van der Waals surface area contributed by atoms with Gasteiger partial charge in [0.05, 0.1) is 20.2 Å². The standard InChI is InChI=1S/C23H37N5O2S.HI/c1-6-19-16-25-22(31-19)17-27-23(24-7-2)26-15-18-10-11-20(21(14-18)29-5)30-13-12-28(8-3)9-4;/h10-11,14,16H,6-9,12-13,15,17H2,1-5H3,(H2,24,26,27);1H. The molecule has 180 valence electrons. The highest BCUT2D eigenvalue weighted by Gasteiger charge is 2.08. The zero-order valence-corrected chi connectivity index (χ0v) is 23.1. The predicted molar refractivity (Wildman–Crippen MR) is 145 cm³/mol. The fourth-order valence-electron chi connectivity index (χ4n) is 3.02. The summed E-state index contributed by atoms with van der Waals surface area (Å²) in [4.78, 5) is 12.8. The van der Waals surface area contributed by atoms with Crippen LogP contribution in [-0.2, 0) is 19.5 Å². The molecule has 9 heteroatoms. The number of benzene rings is 1. The Kier molecular flexibility index (Phi) is 14.3. The minimum atomic E-state index is 0. The lowest BCUT2D eigenvalue weighted by Crippen LogP contribution is -2.36. The maximum Gasteiger partial charge on any atom is 0.191 e. The Balaban J connectivity index is 0.00000512. The highest BCUT2D eigenvalue weighted by atomic mass is 127. The highest BCUT2D eigenvalue weighted by molar-refractivity contribution is 14.0. The molecule has 0 spiro atoms. The van der Waals surface area contributed by atoms with Crippen LogP contribution < -0.4 is 20.1 Å². The first-order chi connectivity index (χ1) is 15.1. The summed E-state index contributed by atoms with van der Waals surface area (Å²) in [6, 6.07) is 6.00. The Morgan fingerprint density at radius 3 is 2.53 bits per heavy atom. The molecule has 32 heavy (non-hydrogen) atoms. The van der Waals surface area contributed by atoms with Gasteiger partial charge in [-0.25, -0.2) is 9.98 Å². The Morgan fingerprint density at radius 2 is 1.91 bits per heavy atom. The van der Waals surface area contributed by atoms with Crippen LogP contribution in [0.2, 0.25) is 0 Å². The number of hydrogen-bond acceptors (Lipinski definition) is 6. The minimum Gasteiger partial charge on any atom is -0.493 e. The van der Waals surface area contributed by atoms with Crippen LogP contribution in [0.5, 0.6) is 11.5 Å². The van der Waals surface area contributed by atoms with Crippen LogP contribution in [-0.4, -0.2) is 55.7 Å². The Labute approximate surface area is 214 Å². The monoisotopic (exact) mass is 575 g/mol. The van der Waals surface area contributed by atoms with E-state index in [1.807, 2.05) is 24.4 Å². The summed E-state index contributed by atoms with van der Waals surface area (Å²) in [5.74, 6) is 2.28. The predicted octanol–water partition coefficient (Wildman–Crippen LogP) is 4.31. The molecule has 0 saturated carbocycles. The summed E-state index contributed by atoms with van der Waals surface area (Å²) in [7, 11) is 1.67. The number of nitrogens with one attached hydrogen (secondary N) is 2. The maximum atomic E-state index is 5.95. The van der Waals surface area contributed by atoms with Gasteiger partial charge in [-0.3, -0.25) is 0 Å². The summed E-state index contributed by atoms with van der Waals surface area (Å²) < 4.78 is 11.5. The molecule has 0 bridgehead atoms. The molecule has 0 unspecified atom stereocenters. The average molecular weight is 576 g/mol. The zero-order chi connectivity index (χ0) is 22.5. The van der Waals surface area contributed by atoms with E-state index >= 15 is 0 Å². The van der Waals surface area contributed by atoms with E-state index in [1.165, 1.54) is 4.88 Å². The van der Waals surface area contributed by atoms with Crippen molar-refractivity contribution in [3.8, 4) is 11.5 Å². The van der Waals surface area contributed by atoms with E-state index < -0.39 is 0 Å². The van der Waals surface area contributed by atoms with Crippen LogP contribution in [0.15, 0.2) is 29.4 Å². The first-order valence-electron chi connectivity index (χ1n) is 11.1. The Bertz CT molecular complexity index is 811. The van der Waals surface area contributed by atoms with E-state index in [4.69, 9.17) is 14.5 Å². The number of methoxy groups -OCH3 is 1. The molecule has 7 nitrogen and oxygen atoms in total. The third-order valence-corrected chi connectivity index (χ3v) is 6.05. The van der Waals surface area contributed by atoms with E-state index in [2.05, 4.69) is 48.2 Å². The van der Waals surface area contributed by atoms with Gasteiger partial charge in [-0.05, 0) is 44.1 Å². The van der Waals surface area contributed by atoms with Crippen LogP contribution in [0.25, 0.3) is 0 Å². The molecule has 0 aliphatic carbocycles. The Morgan fingerprint density at radius 1 is 1.12 bits per heavy atom. The van der Waals surface area contributed by atoms with E-state index in [0.29, 0.717) is 19.7 Å². The fourth-order valence-corrected chi connectivity index (χ4v) is 3.82. The molecule has 2 N–H and O–H groups in total. The second-order valence-corrected chi connectivity index (χ2v) is 8.18. The summed E-state index contributed by atoms with van der Waals surface area (Å²) in [6.07, 6.45) is 2.96. The lowest BCUT2D eigenvalue weighted by Gasteiger charge is -2.19. The van der Waals surface area contributed by atoms with Gasteiger partial charge in [-0.15, -0.1) is 35.3 Å². The first kappa shape index (κ1) is 28.4. The van der Waals surface area contributed by atoms with Gasteiger partial charge in [0.25, 0.3) is 0 Å². The van der Waals surface area contributed by atoms with Gasteiger partial charge in [0.2, 0.25) is 0 Å². The van der Waals surface area contributed by atoms with Gasteiger partial charge in [0.15, 0.2) is 17.5 Å². The molecule has 2 aromatic rings. The number of aryl methyl sites for hydroxylation is 1. The molecule has 2 rings (SSSR count). The second-order valence-electron chi connectivity index (χ2n) is 6.98. The Hall–Kier alpha value is -1.59. The molecule has 1 heterocycles. The number of ether oxygens (including phenoxy) is 2. The van der Waals surface area contributed by atoms with E-state index in [0.717, 1.165) is 60.6 Å². The quantitative estimate of drug-likeness (QED) is 0.211. The molecule has 0 aliphatic heterocycles. The lowest BCUT2D eigenvalue weighted by atomic mass is 10.2. The number of hydrogen-bond donors (Lipinski definition) is 2. The van der Waals surface area contributed by atoms with Gasteiger partial charge in [0, 0.05) is 24.2 Å². The molecular formula is C23H38IN5O2S. The van der Waals surface area contributed by atoms with Crippen LogP contribution in [0.1, 0.15) is 43.1 Å². The average Bonchev–Trinajstić information content (AvgIpc) is 3.27. The molecule has 1 aromatic heterocycles. The summed E-state index contributed by atoms with van der Waals surface area (Å²) >= 11 is 1.73. The number of thiazole rings is 1. The van der Waals surface area contributed by atoms with Crippen LogP contribution in [0.3, 0.4) is 0 Å². The number of aromatic nitrogens is 1. The SMILES string of the molecule is CCNC(=NCc1ccc(OCCN(CC)CC)c(OC)c1)NCc1ncc(CC)s1.I. The van der Waals surface area contributed by atoms with Crippen molar-refractivity contribution in [2.24, 2.45) is 4.99 Å². The van der Waals surface area contributed by atoms with Gasteiger partial charge < -0.3 is 25.0 Å². The van der Waals surface area contributed by atoms with Gasteiger partial charge in [0.1, 0.15) is 11.6 Å². The molecule has 0 aliphatic rings. The minimum absolute atomic E-state index is 0. The number of halogens is 1. The number of rotatable bonds is 13. The molecule has 0 radical (unpaired) electrons. The molecule has 0 amide bonds. The van der Waals surface area contributed by atoms with Crippen molar-refractivity contribution in [1.82, 2.24) is 20.5 Å². The molecular weight excluding hydrogens is 537 g/mol. The maximum absolute atomic E-state index is 5.95. The largest absolute Gasteiger partial charge is 0.493 e. The first-order valence-corrected chi connectivity index (χ1v) is 11.9. The second kappa shape index (κ2) is 16.1. The van der Waals surface area contributed by atoms with Gasteiger partial charge in [-0.2, -0.15) is 0 Å². The summed E-state index contributed by atoms with van der Waals surface area (Å²) in [6.45, 7) is 14.1. The topological polar surface area (TPSA) is 71.0 Å². The van der Waals surface area contributed by atoms with Crippen molar-refractivity contribution < 1.29 is 9.47 Å². The summed E-state index contributed by atoms with van der Waals surface area (Å²) in [5, 5.41) is 7.71. The van der Waals surface area contributed by atoms with E-state index in [-0.39, 0.29) is 24.0 Å². The van der Waals surface area contributed by atoms with Gasteiger partial charge in [-0.1, -0.05) is 26.8 Å². The molecule has 1 aromatic carbocycles. The van der Waals surface area contributed by atoms with E-state index in [1.54, 1.807) is 18.4 Å². The number of aliphatic imine (C=N–C) groups is 1. The van der Waals surface area contributed by atoms with Crippen molar-refractivity contribution in [2.45, 2.75) is 47.2 Å². The van der Waals surface area contributed by atoms with E-state index in [9.17, 15) is 0 Å². The van der Waals surface area contributed by atoms with Crippen LogP contribution >= 0.6 is 35.3 Å². The fraction of sp³-hybridized carbons (Fsp3) is 0.565. The lowest BCUT2D eigenvalue weighted by molar-refractivity contribution is 0.217. The normalized spacial score (nSPS) is 11.2. The molecule has 0 saturated heterocycles. The number of likely N-dealkylation sites (N-methyl/N-ethyl adjacent to an activating group) is 1. The number of nitrogens with zero attached hydrogens (tertiary/aromatic N) is 3. The van der Waals surface area contributed by atoms with Crippen molar-refractivity contribution in [3.05, 3.63) is 39.8 Å². The molecule has 0 atom stereocenters. The third-order valence-electron chi connectivity index (χ3n) is 4.91. The van der Waals surface area contributed by atoms with Crippen molar-refractivity contribution >= 4 is 41.3 Å². The van der Waals surface area contributed by atoms with Gasteiger partial charge >= 0.3 is 0 Å². The van der Waals surface area contributed by atoms with Crippen LogP contribution in [0.4, 0.5) is 0 Å². The van der Waals surface area contributed by atoms with Crippen molar-refractivity contribution in [1.29, 1.82) is 0 Å². The molecule has 0 fully saturated rings. The highest BCUT2D eigenvalue weighted by Crippen LogP contribution is 2.28. The summed E-state index contributed by atoms with van der Waals surface area (Å²) in [5.41, 5.74) is 1.06. The third kappa shape index (κ3) is 9.50. The van der Waals surface area contributed by atoms with Crippen LogP contribution in [0, 0.1) is 0 Å².